The Morgan fingerprint density at radius 1 is 0.867 bits per heavy atom. The highest BCUT2D eigenvalue weighted by Gasteiger charge is 2.09. The van der Waals surface area contributed by atoms with E-state index in [1.165, 1.54) is 0 Å². The second kappa shape index (κ2) is 5.36. The molecule has 0 saturated carbocycles. The van der Waals surface area contributed by atoms with E-state index in [4.69, 9.17) is 0 Å². The van der Waals surface area contributed by atoms with E-state index in [9.17, 15) is 4.79 Å². The average Bonchev–Trinajstić information content (AvgIpc) is 2.30. The van der Waals surface area contributed by atoms with Gasteiger partial charge in [0.2, 0.25) is 5.78 Å². The molecular weight excluding hydrogens is 256 g/mol. The molecule has 0 N–H and O–H groups in total. The van der Waals surface area contributed by atoms with Crippen LogP contribution in [0.15, 0.2) is 48.8 Å². The SMILES string of the molecule is Br.O=C(c1ccccn1)c1ccccn1. The van der Waals surface area contributed by atoms with Gasteiger partial charge in [0.15, 0.2) is 0 Å². The molecule has 2 aromatic rings. The Labute approximate surface area is 98.0 Å². The van der Waals surface area contributed by atoms with E-state index < -0.39 is 0 Å². The van der Waals surface area contributed by atoms with Gasteiger partial charge in [-0.05, 0) is 24.3 Å². The highest BCUT2D eigenvalue weighted by atomic mass is 79.9. The molecule has 0 amide bonds. The van der Waals surface area contributed by atoms with Crippen molar-refractivity contribution in [3.05, 3.63) is 60.2 Å². The van der Waals surface area contributed by atoms with Gasteiger partial charge in [-0.3, -0.25) is 14.8 Å². The van der Waals surface area contributed by atoms with Gasteiger partial charge in [-0.2, -0.15) is 0 Å². The fourth-order valence-electron chi connectivity index (χ4n) is 1.13. The molecule has 0 atom stereocenters. The maximum atomic E-state index is 11.7. The van der Waals surface area contributed by atoms with Gasteiger partial charge in [-0.25, -0.2) is 0 Å². The summed E-state index contributed by atoms with van der Waals surface area (Å²) >= 11 is 0. The minimum Gasteiger partial charge on any atom is -0.285 e. The average molecular weight is 265 g/mol. The Kier molecular flexibility index (Phi) is 4.12. The molecule has 76 valence electrons. The molecule has 4 heteroatoms. The van der Waals surface area contributed by atoms with Crippen molar-refractivity contribution in [2.75, 3.05) is 0 Å². The molecule has 0 bridgehead atoms. The summed E-state index contributed by atoms with van der Waals surface area (Å²) in [4.78, 5) is 19.7. The molecule has 0 spiro atoms. The van der Waals surface area contributed by atoms with Gasteiger partial charge in [0.1, 0.15) is 11.4 Å². The molecule has 0 aliphatic heterocycles. The van der Waals surface area contributed by atoms with Crippen LogP contribution in [0.5, 0.6) is 0 Å². The van der Waals surface area contributed by atoms with E-state index in [0.717, 1.165) is 0 Å². The summed E-state index contributed by atoms with van der Waals surface area (Å²) in [7, 11) is 0. The summed E-state index contributed by atoms with van der Waals surface area (Å²) in [6.45, 7) is 0. The summed E-state index contributed by atoms with van der Waals surface area (Å²) in [5.41, 5.74) is 0.845. The number of hydrogen-bond acceptors (Lipinski definition) is 3. The number of nitrogens with zero attached hydrogens (tertiary/aromatic N) is 2. The van der Waals surface area contributed by atoms with Gasteiger partial charge in [0, 0.05) is 12.4 Å². The van der Waals surface area contributed by atoms with Crippen LogP contribution in [0.3, 0.4) is 0 Å². The van der Waals surface area contributed by atoms with Crippen molar-refractivity contribution >= 4 is 22.8 Å². The summed E-state index contributed by atoms with van der Waals surface area (Å²) in [6.07, 6.45) is 3.19. The van der Waals surface area contributed by atoms with E-state index in [2.05, 4.69) is 9.97 Å². The van der Waals surface area contributed by atoms with E-state index in [-0.39, 0.29) is 22.8 Å². The van der Waals surface area contributed by atoms with E-state index in [1.54, 1.807) is 48.8 Å². The lowest BCUT2D eigenvalue weighted by molar-refractivity contribution is 0.103. The summed E-state index contributed by atoms with van der Waals surface area (Å²) in [5.74, 6) is -0.147. The van der Waals surface area contributed by atoms with Crippen LogP contribution in [0.2, 0.25) is 0 Å². The van der Waals surface area contributed by atoms with Crippen LogP contribution in [0.1, 0.15) is 16.2 Å². The van der Waals surface area contributed by atoms with Crippen molar-refractivity contribution in [3.8, 4) is 0 Å². The third-order valence-electron chi connectivity index (χ3n) is 1.80. The van der Waals surface area contributed by atoms with Gasteiger partial charge in [0.05, 0.1) is 0 Å². The Balaban J connectivity index is 0.00000112. The molecule has 0 aliphatic rings. The van der Waals surface area contributed by atoms with Crippen molar-refractivity contribution in [1.82, 2.24) is 9.97 Å². The number of ketones is 1. The molecule has 2 rings (SSSR count). The predicted octanol–water partition coefficient (Wildman–Crippen LogP) is 2.29. The lowest BCUT2D eigenvalue weighted by Crippen LogP contribution is -2.05. The first kappa shape index (κ1) is 11.5. The van der Waals surface area contributed by atoms with Crippen LogP contribution in [-0.4, -0.2) is 15.8 Å². The Morgan fingerprint density at radius 2 is 1.33 bits per heavy atom. The molecule has 0 radical (unpaired) electrons. The summed E-state index contributed by atoms with van der Waals surface area (Å²) < 4.78 is 0. The van der Waals surface area contributed by atoms with Gasteiger partial charge < -0.3 is 0 Å². The van der Waals surface area contributed by atoms with Crippen LogP contribution >= 0.6 is 17.0 Å². The molecule has 0 aliphatic carbocycles. The standard InChI is InChI=1S/C11H8N2O.BrH/c14-11(9-5-1-3-7-12-9)10-6-2-4-8-13-10;/h1-8H;1H. The zero-order chi connectivity index (χ0) is 9.80. The smallest absolute Gasteiger partial charge is 0.229 e. The van der Waals surface area contributed by atoms with Crippen LogP contribution in [0, 0.1) is 0 Å². The van der Waals surface area contributed by atoms with Gasteiger partial charge in [-0.1, -0.05) is 12.1 Å². The maximum Gasteiger partial charge on any atom is 0.229 e. The van der Waals surface area contributed by atoms with Gasteiger partial charge in [0.25, 0.3) is 0 Å². The third kappa shape index (κ3) is 2.70. The molecule has 2 heterocycles. The number of halogens is 1. The quantitative estimate of drug-likeness (QED) is 0.782. The molecule has 2 aromatic heterocycles. The lowest BCUT2D eigenvalue weighted by atomic mass is 10.2. The molecule has 0 unspecified atom stereocenters. The second-order valence-electron chi connectivity index (χ2n) is 2.76. The van der Waals surface area contributed by atoms with E-state index >= 15 is 0 Å². The molecular formula is C11H9BrN2O. The zero-order valence-electron chi connectivity index (χ0n) is 7.83. The normalized spacial score (nSPS) is 9.07. The summed E-state index contributed by atoms with van der Waals surface area (Å²) in [5, 5.41) is 0. The first-order valence-corrected chi connectivity index (χ1v) is 4.25. The first-order chi connectivity index (χ1) is 6.88. The molecule has 0 saturated heterocycles. The monoisotopic (exact) mass is 264 g/mol. The van der Waals surface area contributed by atoms with E-state index in [1.807, 2.05) is 0 Å². The zero-order valence-corrected chi connectivity index (χ0v) is 9.54. The molecule has 0 aromatic carbocycles. The highest BCUT2D eigenvalue weighted by molar-refractivity contribution is 8.93. The number of pyridine rings is 2. The summed E-state index contributed by atoms with van der Waals surface area (Å²) in [6, 6.07) is 10.5. The van der Waals surface area contributed by atoms with Crippen molar-refractivity contribution in [1.29, 1.82) is 0 Å². The number of carbonyl (C=O) groups excluding carboxylic acids is 1. The fourth-order valence-corrected chi connectivity index (χ4v) is 1.13. The highest BCUT2D eigenvalue weighted by Crippen LogP contribution is 2.03. The fraction of sp³-hybridized carbons (Fsp3) is 0. The Hall–Kier alpha value is -1.55. The van der Waals surface area contributed by atoms with Crippen molar-refractivity contribution in [2.24, 2.45) is 0 Å². The Bertz CT molecular complexity index is 389. The predicted molar refractivity (Wildman–Crippen MR) is 62.2 cm³/mol. The topological polar surface area (TPSA) is 42.9 Å². The minimum atomic E-state index is -0.147. The molecule has 3 nitrogen and oxygen atoms in total. The number of carbonyl (C=O) groups is 1. The van der Waals surface area contributed by atoms with Crippen LogP contribution in [0.25, 0.3) is 0 Å². The second-order valence-corrected chi connectivity index (χ2v) is 2.76. The van der Waals surface area contributed by atoms with Crippen LogP contribution in [0.4, 0.5) is 0 Å². The number of hydrogen-bond donors (Lipinski definition) is 0. The van der Waals surface area contributed by atoms with Crippen LogP contribution < -0.4 is 0 Å². The Morgan fingerprint density at radius 3 is 1.67 bits per heavy atom. The molecule has 0 fully saturated rings. The van der Waals surface area contributed by atoms with Crippen molar-refractivity contribution in [3.63, 3.8) is 0 Å². The lowest BCUT2D eigenvalue weighted by Gasteiger charge is -1.97. The van der Waals surface area contributed by atoms with Gasteiger partial charge in [-0.15, -0.1) is 17.0 Å². The largest absolute Gasteiger partial charge is 0.285 e. The molecule has 15 heavy (non-hydrogen) atoms. The van der Waals surface area contributed by atoms with Gasteiger partial charge >= 0.3 is 0 Å². The van der Waals surface area contributed by atoms with Crippen LogP contribution in [-0.2, 0) is 0 Å². The van der Waals surface area contributed by atoms with Crippen molar-refractivity contribution < 1.29 is 4.79 Å². The van der Waals surface area contributed by atoms with Crippen molar-refractivity contribution in [2.45, 2.75) is 0 Å². The maximum absolute atomic E-state index is 11.7. The van der Waals surface area contributed by atoms with E-state index in [0.29, 0.717) is 11.4 Å². The number of aromatic nitrogens is 2. The first-order valence-electron chi connectivity index (χ1n) is 4.25. The minimum absolute atomic E-state index is 0. The number of rotatable bonds is 2. The third-order valence-corrected chi connectivity index (χ3v) is 1.80.